The number of hydrogen-bond acceptors (Lipinski definition) is 19. The van der Waals surface area contributed by atoms with E-state index >= 15 is 4.79 Å². The van der Waals surface area contributed by atoms with Crippen LogP contribution in [0.15, 0.2) is 108 Å². The molecule has 2 bridgehead atoms. The zero-order chi connectivity index (χ0) is 62.0. The van der Waals surface area contributed by atoms with E-state index in [9.17, 15) is 9.59 Å². The van der Waals surface area contributed by atoms with Gasteiger partial charge in [0.05, 0.1) is 49.3 Å². The number of methoxy groups -OCH3 is 2. The molecule has 478 valence electrons. The van der Waals surface area contributed by atoms with Crippen molar-refractivity contribution in [2.75, 3.05) is 34.0 Å². The molecule has 87 heavy (non-hydrogen) atoms. The third kappa shape index (κ3) is 14.7. The summed E-state index contributed by atoms with van der Waals surface area (Å²) >= 11 is 0. The molecule has 10 rings (SSSR count). The Morgan fingerprint density at radius 3 is 2.00 bits per heavy atom. The van der Waals surface area contributed by atoms with Gasteiger partial charge < -0.3 is 75.5 Å². The van der Waals surface area contributed by atoms with Crippen LogP contribution in [-0.4, -0.2) is 169 Å². The lowest BCUT2D eigenvalue weighted by Crippen LogP contribution is -2.63. The highest BCUT2D eigenvalue weighted by Gasteiger charge is 2.69. The largest absolute Gasteiger partial charge is 0.482 e. The van der Waals surface area contributed by atoms with Crippen LogP contribution in [0.4, 0.5) is 0 Å². The van der Waals surface area contributed by atoms with Crippen LogP contribution in [0.2, 0.25) is 19.6 Å². The van der Waals surface area contributed by atoms with Crippen molar-refractivity contribution in [1.82, 2.24) is 0 Å². The quantitative estimate of drug-likeness (QED) is 0.0448. The summed E-state index contributed by atoms with van der Waals surface area (Å²) in [5, 5.41) is 0. The number of para-hydroxylation sites is 2. The van der Waals surface area contributed by atoms with Crippen molar-refractivity contribution in [3.05, 3.63) is 108 Å². The molecule has 6 fully saturated rings. The lowest BCUT2D eigenvalue weighted by Gasteiger charge is -2.50. The van der Waals surface area contributed by atoms with Crippen LogP contribution in [0, 0.1) is 17.8 Å². The van der Waals surface area contributed by atoms with E-state index in [0.717, 1.165) is 12.0 Å². The molecule has 20 heteroatoms. The summed E-state index contributed by atoms with van der Waals surface area (Å²) in [5.74, 6) is -2.69. The molecule has 2 aromatic rings. The molecule has 3 unspecified atom stereocenters. The number of hydrogen-bond donors (Lipinski definition) is 0. The molecular formula is C67H92O19Si. The zero-order valence-corrected chi connectivity index (χ0v) is 53.9. The first kappa shape index (κ1) is 65.1. The van der Waals surface area contributed by atoms with Crippen molar-refractivity contribution < 1.29 is 89.9 Å². The number of esters is 3. The van der Waals surface area contributed by atoms with E-state index in [2.05, 4.69) is 66.4 Å². The summed E-state index contributed by atoms with van der Waals surface area (Å²) in [6.45, 7) is 21.9. The first-order valence-electron chi connectivity index (χ1n) is 31.2. The van der Waals surface area contributed by atoms with Crippen LogP contribution < -0.4 is 9.47 Å². The van der Waals surface area contributed by atoms with Gasteiger partial charge in [0.25, 0.3) is 0 Å². The standard InChI is InChI=1S/C67H92O19Si/c1-14-39(2)62-65(8)53(84-65)35-66(85-62)34-49-31-48(83-66)29-28-41(4)58(81-56-33-52(72-10)61(44(7)77-56)82-57-32-51(71-9)60(43(6)76-57)80-55(69)38-74-47-26-19-16-20-27-47)40(3)22-21-23-45-36-75-63-59(79-54(68)37-73-46-24-17-15-18-25-46)42(5)30-50(64(70)78-49)67(45,63)86-87(11,12)13/h15-28,30,39-40,43-44,48-53,56-63H,14,29,31-38H2,1-13H3/b22-21+,41-28+,45-23+/t39?,40-,43-,44-,48+,49?,50-,51-,52-,53-,56-,57-,58-,59+,60-,61-,62+,63?,65-,66-,67+/m0/s1. The smallest absolute Gasteiger partial charge is 0.344 e. The van der Waals surface area contributed by atoms with Crippen LogP contribution in [-0.2, 0) is 80.4 Å². The number of carbonyl (C=O) groups excluding carboxylic acids is 3. The number of allylic oxidation sites excluding steroid dienone is 2. The number of epoxide rings is 1. The molecule has 1 spiro atoms. The Kier molecular flexibility index (Phi) is 20.5. The number of carbonyl (C=O) groups is 3. The Bertz CT molecular complexity index is 2820. The number of fused-ring (bicyclic) bond motifs is 3. The van der Waals surface area contributed by atoms with Crippen LogP contribution in [0.5, 0.6) is 11.5 Å². The lowest BCUT2D eigenvalue weighted by molar-refractivity contribution is -0.332. The van der Waals surface area contributed by atoms with Gasteiger partial charge in [-0.1, -0.05) is 94.0 Å². The molecule has 1 aliphatic carbocycles. The molecular weight excluding hydrogens is 1140 g/mol. The summed E-state index contributed by atoms with van der Waals surface area (Å²) < 4.78 is 104. The van der Waals surface area contributed by atoms with Gasteiger partial charge in [-0.25, -0.2) is 9.59 Å². The summed E-state index contributed by atoms with van der Waals surface area (Å²) in [6, 6.07) is 18.2. The van der Waals surface area contributed by atoms with Crippen LogP contribution in [0.3, 0.4) is 0 Å². The minimum Gasteiger partial charge on any atom is -0.482 e. The fraction of sp³-hybridized carbons (Fsp3) is 0.657. The predicted octanol–water partition coefficient (Wildman–Crippen LogP) is 9.85. The van der Waals surface area contributed by atoms with E-state index in [0.29, 0.717) is 54.7 Å². The number of ether oxygens (including phenoxy) is 15. The first-order valence-corrected chi connectivity index (χ1v) is 34.7. The molecule has 6 saturated heterocycles. The minimum atomic E-state index is -2.61. The van der Waals surface area contributed by atoms with Crippen molar-refractivity contribution in [2.24, 2.45) is 17.8 Å². The zero-order valence-electron chi connectivity index (χ0n) is 52.9. The van der Waals surface area contributed by atoms with E-state index in [1.54, 1.807) is 38.5 Å². The Balaban J connectivity index is 0.922. The first-order chi connectivity index (χ1) is 41.5. The Morgan fingerprint density at radius 2 is 1.37 bits per heavy atom. The maximum atomic E-state index is 15.5. The van der Waals surface area contributed by atoms with Gasteiger partial charge in [-0.2, -0.15) is 0 Å². The monoisotopic (exact) mass is 1230 g/mol. The molecule has 2 aromatic carbocycles. The van der Waals surface area contributed by atoms with Crippen molar-refractivity contribution in [2.45, 2.75) is 229 Å². The molecule has 19 nitrogen and oxygen atoms in total. The van der Waals surface area contributed by atoms with Gasteiger partial charge in [0.15, 0.2) is 52.1 Å². The highest BCUT2D eigenvalue weighted by atomic mass is 28.4. The fourth-order valence-electron chi connectivity index (χ4n) is 14.0. The third-order valence-electron chi connectivity index (χ3n) is 18.5. The predicted molar refractivity (Wildman–Crippen MR) is 321 cm³/mol. The van der Waals surface area contributed by atoms with Crippen molar-refractivity contribution in [1.29, 1.82) is 0 Å². The maximum Gasteiger partial charge on any atom is 0.344 e. The third-order valence-corrected chi connectivity index (χ3v) is 19.4. The molecule has 8 aliphatic rings. The molecule has 7 heterocycles. The Labute approximate surface area is 514 Å². The molecule has 0 N–H and O–H groups in total. The van der Waals surface area contributed by atoms with E-state index in [1.807, 2.05) is 75.4 Å². The molecule has 0 radical (unpaired) electrons. The Hall–Kier alpha value is -4.81. The van der Waals surface area contributed by atoms with E-state index in [-0.39, 0.29) is 50.3 Å². The average Bonchev–Trinajstić information content (AvgIpc) is 1.64. The topological polar surface area (TPSA) is 202 Å². The molecule has 0 amide bonds. The van der Waals surface area contributed by atoms with Gasteiger partial charge >= 0.3 is 17.9 Å². The second-order valence-corrected chi connectivity index (χ2v) is 30.5. The summed E-state index contributed by atoms with van der Waals surface area (Å²) in [5.41, 5.74) is 0.407. The van der Waals surface area contributed by atoms with E-state index in [4.69, 9.17) is 75.5 Å². The molecule has 21 atom stereocenters. The highest BCUT2D eigenvalue weighted by molar-refractivity contribution is 6.69. The summed E-state index contributed by atoms with van der Waals surface area (Å²) in [6.07, 6.45) is 4.66. The van der Waals surface area contributed by atoms with Crippen molar-refractivity contribution in [3.63, 3.8) is 0 Å². The average molecular weight is 1230 g/mol. The molecule has 7 aliphatic heterocycles. The number of benzene rings is 2. The second-order valence-electron chi connectivity index (χ2n) is 26.1. The van der Waals surface area contributed by atoms with Gasteiger partial charge in [0, 0.05) is 52.2 Å². The maximum absolute atomic E-state index is 15.5. The van der Waals surface area contributed by atoms with Gasteiger partial charge in [-0.05, 0) is 108 Å². The number of rotatable bonds is 18. The van der Waals surface area contributed by atoms with Gasteiger partial charge in [0.1, 0.15) is 53.0 Å². The SMILES string of the molecule is CCC(C)[C@H]1O[C@@]2(CC3C[C@@H](C/C=C(\C)[C@@H](O[C@H]4C[C@H](OC)[C@@H](O[C@H]5C[C@H](OC)[C@@H](OC(=O)COc6ccccc6)[C@H](C)O5)[C@H](C)O4)[C@@H](C)/C=C/C=C4\COC5[C@H](OC(=O)COc6ccccc6)C(C)=C[C@@H](C(=O)O3)[C@]45O[Si](C)(C)C)O2)C[C@@H]2O[C@@]21C. The normalized spacial score (nSPS) is 40.5. The van der Waals surface area contributed by atoms with Crippen molar-refractivity contribution in [3.8, 4) is 11.5 Å². The van der Waals surface area contributed by atoms with Crippen LogP contribution in [0.25, 0.3) is 0 Å². The van der Waals surface area contributed by atoms with Crippen LogP contribution >= 0.6 is 0 Å². The fourth-order valence-corrected chi connectivity index (χ4v) is 15.4. The van der Waals surface area contributed by atoms with Crippen LogP contribution in [0.1, 0.15) is 100 Å². The summed E-state index contributed by atoms with van der Waals surface area (Å²) in [7, 11) is 0.612. The summed E-state index contributed by atoms with van der Waals surface area (Å²) in [4.78, 5) is 42.3. The molecule has 0 saturated carbocycles. The molecule has 0 aromatic heterocycles. The second kappa shape index (κ2) is 27.3. The lowest BCUT2D eigenvalue weighted by atomic mass is 9.70. The van der Waals surface area contributed by atoms with Gasteiger partial charge in [0.2, 0.25) is 0 Å². The van der Waals surface area contributed by atoms with E-state index < -0.39 is 129 Å². The minimum absolute atomic E-state index is 0.0877. The van der Waals surface area contributed by atoms with Gasteiger partial charge in [-0.15, -0.1) is 0 Å². The van der Waals surface area contributed by atoms with Crippen molar-refractivity contribution >= 4 is 26.2 Å². The van der Waals surface area contributed by atoms with E-state index in [1.165, 1.54) is 0 Å². The highest BCUT2D eigenvalue weighted by Crippen LogP contribution is 2.57. The van der Waals surface area contributed by atoms with Gasteiger partial charge in [-0.3, -0.25) is 4.79 Å². The Morgan fingerprint density at radius 1 is 0.747 bits per heavy atom.